The molecular formula is C28H36FN3O3. The van der Waals surface area contributed by atoms with Crippen molar-refractivity contribution in [3.05, 3.63) is 71.7 Å². The SMILES string of the molecule is CCCCCC(=O)N(CCOC)CC(=O)N(CCc1c[nH]c2ccccc12)Cc1ccc(F)cc1. The molecular weight excluding hydrogens is 445 g/mol. The van der Waals surface area contributed by atoms with Gasteiger partial charge in [0.05, 0.1) is 13.2 Å². The summed E-state index contributed by atoms with van der Waals surface area (Å²) in [6.07, 6.45) is 5.90. The van der Waals surface area contributed by atoms with Gasteiger partial charge in [0.1, 0.15) is 5.82 Å². The lowest BCUT2D eigenvalue weighted by Crippen LogP contribution is -2.44. The summed E-state index contributed by atoms with van der Waals surface area (Å²) in [4.78, 5) is 32.9. The maximum absolute atomic E-state index is 13.5. The molecule has 3 rings (SSSR count). The number of nitrogens with zero attached hydrogens (tertiary/aromatic N) is 2. The summed E-state index contributed by atoms with van der Waals surface area (Å²) in [5, 5.41) is 1.13. The Bertz CT molecular complexity index is 1080. The van der Waals surface area contributed by atoms with E-state index in [1.165, 1.54) is 12.1 Å². The normalized spacial score (nSPS) is 11.1. The maximum Gasteiger partial charge on any atom is 0.242 e. The molecule has 6 nitrogen and oxygen atoms in total. The molecule has 0 aliphatic heterocycles. The Morgan fingerprint density at radius 2 is 1.74 bits per heavy atom. The molecule has 0 saturated carbocycles. The van der Waals surface area contributed by atoms with Gasteiger partial charge in [-0.2, -0.15) is 0 Å². The molecule has 2 aromatic carbocycles. The predicted molar refractivity (Wildman–Crippen MR) is 136 cm³/mol. The van der Waals surface area contributed by atoms with E-state index in [-0.39, 0.29) is 24.2 Å². The molecule has 0 aliphatic carbocycles. The van der Waals surface area contributed by atoms with E-state index in [0.717, 1.165) is 41.3 Å². The molecule has 0 fully saturated rings. The van der Waals surface area contributed by atoms with Gasteiger partial charge in [0.25, 0.3) is 0 Å². The smallest absolute Gasteiger partial charge is 0.242 e. The van der Waals surface area contributed by atoms with E-state index in [4.69, 9.17) is 4.74 Å². The molecule has 188 valence electrons. The molecule has 0 radical (unpaired) electrons. The number of benzene rings is 2. The highest BCUT2D eigenvalue weighted by molar-refractivity contribution is 5.85. The lowest BCUT2D eigenvalue weighted by molar-refractivity contribution is -0.141. The van der Waals surface area contributed by atoms with Crippen LogP contribution in [0.5, 0.6) is 0 Å². The van der Waals surface area contributed by atoms with Gasteiger partial charge >= 0.3 is 0 Å². The van der Waals surface area contributed by atoms with Gasteiger partial charge in [0.2, 0.25) is 11.8 Å². The zero-order valence-electron chi connectivity index (χ0n) is 20.8. The van der Waals surface area contributed by atoms with Crippen molar-refractivity contribution in [3.63, 3.8) is 0 Å². The number of unbranched alkanes of at least 4 members (excludes halogenated alkanes) is 2. The first-order valence-corrected chi connectivity index (χ1v) is 12.4. The lowest BCUT2D eigenvalue weighted by Gasteiger charge is -2.28. The summed E-state index contributed by atoms with van der Waals surface area (Å²) in [5.74, 6) is -0.467. The van der Waals surface area contributed by atoms with Gasteiger partial charge in [0, 0.05) is 50.3 Å². The third-order valence-electron chi connectivity index (χ3n) is 6.20. The minimum Gasteiger partial charge on any atom is -0.383 e. The second-order valence-corrected chi connectivity index (χ2v) is 8.82. The van der Waals surface area contributed by atoms with Crippen molar-refractivity contribution >= 4 is 22.7 Å². The Hall–Kier alpha value is -3.19. The molecule has 0 spiro atoms. The molecule has 0 unspecified atom stereocenters. The molecule has 7 heteroatoms. The van der Waals surface area contributed by atoms with E-state index in [0.29, 0.717) is 39.1 Å². The number of aromatic amines is 1. The Labute approximate surface area is 207 Å². The zero-order chi connectivity index (χ0) is 25.0. The number of amides is 2. The van der Waals surface area contributed by atoms with Crippen LogP contribution in [0.2, 0.25) is 0 Å². The third kappa shape index (κ3) is 7.92. The maximum atomic E-state index is 13.5. The van der Waals surface area contributed by atoms with Crippen molar-refractivity contribution in [3.8, 4) is 0 Å². The standard InChI is InChI=1S/C28H36FN3O3/c1-3-4-5-10-27(33)32(17-18-35-2)21-28(34)31(20-22-11-13-24(29)14-12-22)16-15-23-19-30-26-9-7-6-8-25(23)26/h6-9,11-14,19,30H,3-5,10,15-18,20-21H2,1-2H3. The van der Waals surface area contributed by atoms with Crippen LogP contribution in [-0.2, 0) is 27.3 Å². The highest BCUT2D eigenvalue weighted by Gasteiger charge is 2.21. The zero-order valence-corrected chi connectivity index (χ0v) is 20.8. The summed E-state index contributed by atoms with van der Waals surface area (Å²) in [6.45, 7) is 3.69. The van der Waals surface area contributed by atoms with E-state index < -0.39 is 0 Å². The molecule has 0 bridgehead atoms. The monoisotopic (exact) mass is 481 g/mol. The molecule has 1 N–H and O–H groups in total. The van der Waals surface area contributed by atoms with Crippen LogP contribution in [0.15, 0.2) is 54.7 Å². The van der Waals surface area contributed by atoms with Gasteiger partial charge in [-0.15, -0.1) is 0 Å². The fraction of sp³-hybridized carbons (Fsp3) is 0.429. The second kappa shape index (κ2) is 13.6. The summed E-state index contributed by atoms with van der Waals surface area (Å²) in [5.41, 5.74) is 3.03. The number of para-hydroxylation sites is 1. The van der Waals surface area contributed by atoms with Crippen LogP contribution < -0.4 is 0 Å². The number of rotatable bonds is 14. The van der Waals surface area contributed by atoms with Crippen molar-refractivity contribution in [2.75, 3.05) is 33.4 Å². The first-order valence-electron chi connectivity index (χ1n) is 12.4. The van der Waals surface area contributed by atoms with Gasteiger partial charge in [0.15, 0.2) is 0 Å². The summed E-state index contributed by atoms with van der Waals surface area (Å²) in [7, 11) is 1.59. The van der Waals surface area contributed by atoms with Gasteiger partial charge in [-0.3, -0.25) is 9.59 Å². The fourth-order valence-electron chi connectivity index (χ4n) is 4.14. The van der Waals surface area contributed by atoms with E-state index >= 15 is 0 Å². The number of ether oxygens (including phenoxy) is 1. The number of hydrogen-bond donors (Lipinski definition) is 1. The molecule has 3 aromatic rings. The Balaban J connectivity index is 1.74. The van der Waals surface area contributed by atoms with Crippen LogP contribution in [0.25, 0.3) is 10.9 Å². The summed E-state index contributed by atoms with van der Waals surface area (Å²) < 4.78 is 18.6. The number of fused-ring (bicyclic) bond motifs is 1. The van der Waals surface area contributed by atoms with E-state index in [1.807, 2.05) is 24.4 Å². The average Bonchev–Trinajstić information content (AvgIpc) is 3.28. The molecule has 2 amide bonds. The topological polar surface area (TPSA) is 65.6 Å². The van der Waals surface area contributed by atoms with Crippen LogP contribution in [-0.4, -0.2) is 59.9 Å². The molecule has 35 heavy (non-hydrogen) atoms. The number of H-pyrrole nitrogens is 1. The minimum atomic E-state index is -0.311. The average molecular weight is 482 g/mol. The van der Waals surface area contributed by atoms with Crippen LogP contribution in [0.4, 0.5) is 4.39 Å². The van der Waals surface area contributed by atoms with Crippen molar-refractivity contribution in [1.29, 1.82) is 0 Å². The molecule has 0 aliphatic rings. The molecule has 0 saturated heterocycles. The van der Waals surface area contributed by atoms with Gasteiger partial charge in [-0.25, -0.2) is 4.39 Å². The summed E-state index contributed by atoms with van der Waals surface area (Å²) >= 11 is 0. The quantitative estimate of drug-likeness (QED) is 0.332. The highest BCUT2D eigenvalue weighted by Crippen LogP contribution is 2.19. The number of methoxy groups -OCH3 is 1. The van der Waals surface area contributed by atoms with Crippen molar-refractivity contribution in [1.82, 2.24) is 14.8 Å². The number of carbonyl (C=O) groups excluding carboxylic acids is 2. The molecule has 0 atom stereocenters. The molecule has 1 heterocycles. The number of hydrogen-bond acceptors (Lipinski definition) is 3. The van der Waals surface area contributed by atoms with Crippen molar-refractivity contribution < 1.29 is 18.7 Å². The number of nitrogens with one attached hydrogen (secondary N) is 1. The fourth-order valence-corrected chi connectivity index (χ4v) is 4.14. The number of aromatic nitrogens is 1. The molecule has 1 aromatic heterocycles. The lowest BCUT2D eigenvalue weighted by atomic mass is 10.1. The van der Waals surface area contributed by atoms with Gasteiger partial charge in [-0.1, -0.05) is 50.1 Å². The predicted octanol–water partition coefficient (Wildman–Crippen LogP) is 4.93. The van der Waals surface area contributed by atoms with Gasteiger partial charge < -0.3 is 19.5 Å². The van der Waals surface area contributed by atoms with E-state index in [1.54, 1.807) is 29.0 Å². The van der Waals surface area contributed by atoms with Crippen LogP contribution in [0, 0.1) is 5.82 Å². The van der Waals surface area contributed by atoms with Crippen LogP contribution >= 0.6 is 0 Å². The first-order chi connectivity index (χ1) is 17.0. The minimum absolute atomic E-state index is 0.00337. The van der Waals surface area contributed by atoms with Crippen LogP contribution in [0.3, 0.4) is 0 Å². The highest BCUT2D eigenvalue weighted by atomic mass is 19.1. The van der Waals surface area contributed by atoms with Crippen molar-refractivity contribution in [2.45, 2.75) is 45.6 Å². The number of carbonyl (C=O) groups is 2. The Morgan fingerprint density at radius 1 is 0.971 bits per heavy atom. The van der Waals surface area contributed by atoms with E-state index in [9.17, 15) is 14.0 Å². The van der Waals surface area contributed by atoms with E-state index in [2.05, 4.69) is 18.0 Å². The Kier molecular flexibility index (Phi) is 10.3. The largest absolute Gasteiger partial charge is 0.383 e. The third-order valence-corrected chi connectivity index (χ3v) is 6.20. The first kappa shape index (κ1) is 26.4. The Morgan fingerprint density at radius 3 is 2.49 bits per heavy atom. The second-order valence-electron chi connectivity index (χ2n) is 8.82. The van der Waals surface area contributed by atoms with Crippen LogP contribution in [0.1, 0.15) is 43.7 Å². The van der Waals surface area contributed by atoms with Crippen molar-refractivity contribution in [2.24, 2.45) is 0 Å². The summed E-state index contributed by atoms with van der Waals surface area (Å²) in [6, 6.07) is 14.3. The number of halogens is 1. The van der Waals surface area contributed by atoms with Gasteiger partial charge in [-0.05, 0) is 42.2 Å².